The molecule has 0 saturated carbocycles. The number of hydrogen-bond acceptors (Lipinski definition) is 7. The summed E-state index contributed by atoms with van der Waals surface area (Å²) < 4.78 is 23.4. The van der Waals surface area contributed by atoms with Crippen LogP contribution in [-0.2, 0) is 31.3 Å². The Morgan fingerprint density at radius 1 is 1.24 bits per heavy atom. The van der Waals surface area contributed by atoms with Crippen LogP contribution in [0.15, 0.2) is 47.8 Å². The van der Waals surface area contributed by atoms with Crippen LogP contribution >= 0.6 is 11.3 Å². The average Bonchev–Trinajstić information content (AvgIpc) is 3.40. The van der Waals surface area contributed by atoms with Crippen molar-refractivity contribution in [2.45, 2.75) is 76.9 Å². The lowest BCUT2D eigenvalue weighted by molar-refractivity contribution is -0.214. The van der Waals surface area contributed by atoms with Gasteiger partial charge in [-0.05, 0) is 51.6 Å². The van der Waals surface area contributed by atoms with Gasteiger partial charge < -0.3 is 24.1 Å². The highest BCUT2D eigenvalue weighted by Crippen LogP contribution is 2.37. The second kappa shape index (κ2) is 10.1. The van der Waals surface area contributed by atoms with Crippen LogP contribution < -0.4 is 0 Å². The van der Waals surface area contributed by atoms with E-state index in [0.29, 0.717) is 4.88 Å². The van der Waals surface area contributed by atoms with Crippen molar-refractivity contribution in [2.24, 2.45) is 0 Å². The van der Waals surface area contributed by atoms with E-state index >= 15 is 0 Å². The van der Waals surface area contributed by atoms with Crippen LogP contribution in [0.2, 0.25) is 0 Å². The van der Waals surface area contributed by atoms with Gasteiger partial charge >= 0.3 is 6.09 Å². The van der Waals surface area contributed by atoms with Crippen LogP contribution in [-0.4, -0.2) is 53.4 Å². The van der Waals surface area contributed by atoms with E-state index < -0.39 is 35.4 Å². The van der Waals surface area contributed by atoms with E-state index in [2.05, 4.69) is 0 Å². The van der Waals surface area contributed by atoms with Gasteiger partial charge in [-0.3, -0.25) is 4.90 Å². The summed E-state index contributed by atoms with van der Waals surface area (Å²) in [5.74, 6) is -2.41. The molecule has 7 nitrogen and oxygen atoms in total. The molecule has 8 heteroatoms. The molecule has 1 aromatic heterocycles. The topological polar surface area (TPSA) is 77.5 Å². The lowest BCUT2D eigenvalue weighted by atomic mass is 9.97. The van der Waals surface area contributed by atoms with Gasteiger partial charge in [-0.15, -0.1) is 11.3 Å². The van der Waals surface area contributed by atoms with Crippen molar-refractivity contribution in [2.75, 3.05) is 13.7 Å². The van der Waals surface area contributed by atoms with Crippen molar-refractivity contribution in [3.63, 3.8) is 0 Å². The predicted molar refractivity (Wildman–Crippen MR) is 127 cm³/mol. The number of nitrogens with zero attached hydrogens (tertiary/aromatic N) is 1. The van der Waals surface area contributed by atoms with Crippen molar-refractivity contribution in [1.29, 1.82) is 0 Å². The smallest absolute Gasteiger partial charge is 0.410 e. The van der Waals surface area contributed by atoms with E-state index in [1.807, 2.05) is 82.5 Å². The molecule has 3 unspecified atom stereocenters. The van der Waals surface area contributed by atoms with Crippen molar-refractivity contribution < 1.29 is 28.8 Å². The third-order valence-electron chi connectivity index (χ3n) is 5.41. The Bertz CT molecular complexity index is 895. The summed E-state index contributed by atoms with van der Waals surface area (Å²) in [7, 11) is 1.46. The summed E-state index contributed by atoms with van der Waals surface area (Å²) in [4.78, 5) is 15.7. The minimum absolute atomic E-state index is 0.0835. The first-order valence-electron chi connectivity index (χ1n) is 11.1. The second-order valence-corrected chi connectivity index (χ2v) is 10.6. The number of carbonyl (C=O) groups is 1. The van der Waals surface area contributed by atoms with E-state index in [4.69, 9.17) is 18.9 Å². The number of thiophene rings is 1. The Balaban J connectivity index is 2.01. The molecule has 33 heavy (non-hydrogen) atoms. The molecule has 1 aromatic carbocycles. The first-order chi connectivity index (χ1) is 15.4. The number of ether oxygens (including phenoxy) is 4. The van der Waals surface area contributed by atoms with E-state index in [9.17, 15) is 9.90 Å². The van der Waals surface area contributed by atoms with Crippen LogP contribution in [0.25, 0.3) is 0 Å². The SMILES string of the molecule is COC(O)(CC(C1COC(C)(C)O1)N(Cc1ccccc1)C(=O)OC(C)(C)C)c1cccs1. The molecule has 1 fully saturated rings. The minimum Gasteiger partial charge on any atom is -0.444 e. The van der Waals surface area contributed by atoms with Gasteiger partial charge in [-0.25, -0.2) is 4.79 Å². The standard InChI is InChI=1S/C25H35NO6S/c1-23(2,3)32-22(27)26(16-18-11-8-7-9-12-18)19(20-17-30-24(4,5)31-20)15-25(28,29-6)21-13-10-14-33-21/h7-14,19-20,28H,15-17H2,1-6H3. The highest BCUT2D eigenvalue weighted by Gasteiger charge is 2.46. The molecule has 0 bridgehead atoms. The number of rotatable bonds is 8. The highest BCUT2D eigenvalue weighted by atomic mass is 32.1. The Morgan fingerprint density at radius 2 is 1.94 bits per heavy atom. The van der Waals surface area contributed by atoms with Crippen molar-refractivity contribution >= 4 is 17.4 Å². The Kier molecular flexibility index (Phi) is 7.86. The molecule has 1 aliphatic heterocycles. The van der Waals surface area contributed by atoms with Crippen molar-refractivity contribution in [3.05, 3.63) is 58.3 Å². The average molecular weight is 478 g/mol. The molecular formula is C25H35NO6S. The van der Waals surface area contributed by atoms with Crippen LogP contribution in [0.3, 0.4) is 0 Å². The number of benzene rings is 1. The fourth-order valence-electron chi connectivity index (χ4n) is 3.83. The zero-order valence-electron chi connectivity index (χ0n) is 20.2. The molecule has 1 aliphatic rings. The number of aliphatic hydroxyl groups is 1. The van der Waals surface area contributed by atoms with E-state index in [1.54, 1.807) is 4.90 Å². The molecule has 0 radical (unpaired) electrons. The number of hydrogen-bond donors (Lipinski definition) is 1. The van der Waals surface area contributed by atoms with Crippen LogP contribution in [0.1, 0.15) is 51.5 Å². The fraction of sp³-hybridized carbons (Fsp3) is 0.560. The van der Waals surface area contributed by atoms with Crippen molar-refractivity contribution in [1.82, 2.24) is 4.90 Å². The van der Waals surface area contributed by atoms with Gasteiger partial charge in [0.25, 0.3) is 0 Å². The molecule has 1 saturated heterocycles. The molecule has 0 spiro atoms. The Hall–Kier alpha value is -1.97. The summed E-state index contributed by atoms with van der Waals surface area (Å²) in [6.45, 7) is 9.71. The molecule has 2 aromatic rings. The predicted octanol–water partition coefficient (Wildman–Crippen LogP) is 4.89. The number of methoxy groups -OCH3 is 1. The Morgan fingerprint density at radius 3 is 2.45 bits per heavy atom. The van der Waals surface area contributed by atoms with E-state index in [0.717, 1.165) is 5.56 Å². The van der Waals surface area contributed by atoms with Crippen LogP contribution in [0.5, 0.6) is 0 Å². The largest absolute Gasteiger partial charge is 0.444 e. The summed E-state index contributed by atoms with van der Waals surface area (Å²) >= 11 is 1.39. The summed E-state index contributed by atoms with van der Waals surface area (Å²) in [5, 5.41) is 13.4. The number of amides is 1. The molecule has 1 N–H and O–H groups in total. The summed E-state index contributed by atoms with van der Waals surface area (Å²) in [6, 6.07) is 12.8. The van der Waals surface area contributed by atoms with Gasteiger partial charge in [0, 0.05) is 20.1 Å². The first kappa shape index (κ1) is 25.6. The van der Waals surface area contributed by atoms with Gasteiger partial charge in [0.1, 0.15) is 11.7 Å². The minimum atomic E-state index is -1.61. The lowest BCUT2D eigenvalue weighted by Crippen LogP contribution is -2.52. The van der Waals surface area contributed by atoms with Gasteiger partial charge in [0.2, 0.25) is 5.79 Å². The van der Waals surface area contributed by atoms with E-state index in [1.165, 1.54) is 18.4 Å². The van der Waals surface area contributed by atoms with E-state index in [-0.39, 0.29) is 19.6 Å². The third kappa shape index (κ3) is 6.77. The maximum absolute atomic E-state index is 13.5. The quantitative estimate of drug-likeness (QED) is 0.546. The number of carbonyl (C=O) groups excluding carboxylic acids is 1. The van der Waals surface area contributed by atoms with Gasteiger partial charge in [0.05, 0.1) is 17.5 Å². The van der Waals surface area contributed by atoms with Gasteiger partial charge in [-0.2, -0.15) is 0 Å². The molecule has 3 atom stereocenters. The monoisotopic (exact) mass is 477 g/mol. The Labute approximate surface area is 200 Å². The van der Waals surface area contributed by atoms with Crippen LogP contribution in [0.4, 0.5) is 4.79 Å². The fourth-order valence-corrected chi connectivity index (χ4v) is 4.65. The lowest BCUT2D eigenvalue weighted by Gasteiger charge is -2.39. The molecular weight excluding hydrogens is 442 g/mol. The summed E-state index contributed by atoms with van der Waals surface area (Å²) in [6.07, 6.45) is -0.896. The molecule has 182 valence electrons. The van der Waals surface area contributed by atoms with Crippen LogP contribution in [0, 0.1) is 0 Å². The zero-order valence-corrected chi connectivity index (χ0v) is 21.1. The molecule has 1 amide bonds. The zero-order chi connectivity index (χ0) is 24.3. The molecule has 3 rings (SSSR count). The third-order valence-corrected chi connectivity index (χ3v) is 6.42. The van der Waals surface area contributed by atoms with Gasteiger partial charge in [-0.1, -0.05) is 36.4 Å². The molecule has 2 heterocycles. The normalized spacial score (nSPS) is 20.8. The second-order valence-electron chi connectivity index (χ2n) is 9.70. The summed E-state index contributed by atoms with van der Waals surface area (Å²) in [5.41, 5.74) is 0.248. The maximum atomic E-state index is 13.5. The highest BCUT2D eigenvalue weighted by molar-refractivity contribution is 7.10. The van der Waals surface area contributed by atoms with Gasteiger partial charge in [0.15, 0.2) is 5.79 Å². The van der Waals surface area contributed by atoms with Crippen molar-refractivity contribution in [3.8, 4) is 0 Å². The molecule has 0 aliphatic carbocycles. The first-order valence-corrected chi connectivity index (χ1v) is 12.0. The maximum Gasteiger partial charge on any atom is 0.410 e.